The van der Waals surface area contributed by atoms with Crippen LogP contribution < -0.4 is 0 Å². The summed E-state index contributed by atoms with van der Waals surface area (Å²) in [5.74, 6) is -0.459. The van der Waals surface area contributed by atoms with Gasteiger partial charge in [0, 0.05) is 32.5 Å². The number of amides is 1. The smallest absolute Gasteiger partial charge is 0.338 e. The molecule has 0 unspecified atom stereocenters. The molecule has 0 aliphatic carbocycles. The molecule has 0 aromatic carbocycles. The summed E-state index contributed by atoms with van der Waals surface area (Å²) in [6.07, 6.45) is 1.91. The second kappa shape index (κ2) is 6.24. The molecule has 1 rings (SSSR count). The Balaban J connectivity index is 2.58. The van der Waals surface area contributed by atoms with Crippen LogP contribution in [0.25, 0.3) is 0 Å². The number of thioether (sulfide) groups is 1. The lowest BCUT2D eigenvalue weighted by Crippen LogP contribution is -2.21. The lowest BCUT2D eigenvalue weighted by atomic mass is 10.3. The number of hydrogen-bond acceptors (Lipinski definition) is 4. The molecule has 6 heteroatoms. The predicted octanol–water partition coefficient (Wildman–Crippen LogP) is 1.35. The van der Waals surface area contributed by atoms with Crippen LogP contribution in [0.4, 0.5) is 0 Å². The summed E-state index contributed by atoms with van der Waals surface area (Å²) in [7, 11) is 3.38. The van der Waals surface area contributed by atoms with Crippen LogP contribution in [0.2, 0.25) is 0 Å². The Morgan fingerprint density at radius 1 is 1.47 bits per heavy atom. The number of hydrogen-bond donors (Lipinski definition) is 1. The van der Waals surface area contributed by atoms with E-state index >= 15 is 0 Å². The van der Waals surface area contributed by atoms with Crippen LogP contribution in [0, 0.1) is 0 Å². The van der Waals surface area contributed by atoms with Crippen LogP contribution in [0.15, 0.2) is 23.4 Å². The Morgan fingerprint density at radius 2 is 2.18 bits per heavy atom. The average molecular weight is 254 g/mol. The highest BCUT2D eigenvalue weighted by atomic mass is 32.2. The fraction of sp³-hybridized carbons (Fsp3) is 0.364. The Labute approximate surface area is 104 Å². The standard InChI is InChI=1S/C11H14N2O3S/c1-13(2)9(14)5-7-17-10-8(11(15)16)4-3-6-12-10/h3-4,6H,5,7H2,1-2H3,(H,15,16). The minimum absolute atomic E-state index is 0.0188. The summed E-state index contributed by atoms with van der Waals surface area (Å²) < 4.78 is 0. The van der Waals surface area contributed by atoms with E-state index in [0.29, 0.717) is 17.2 Å². The van der Waals surface area contributed by atoms with E-state index in [1.54, 1.807) is 26.4 Å². The zero-order valence-electron chi connectivity index (χ0n) is 9.71. The van der Waals surface area contributed by atoms with E-state index < -0.39 is 5.97 Å². The number of carboxylic acids is 1. The minimum Gasteiger partial charge on any atom is -0.478 e. The normalized spacial score (nSPS) is 10.0. The van der Waals surface area contributed by atoms with Gasteiger partial charge in [-0.05, 0) is 12.1 Å². The van der Waals surface area contributed by atoms with Gasteiger partial charge in [0.1, 0.15) is 5.03 Å². The van der Waals surface area contributed by atoms with Crippen molar-refractivity contribution in [2.24, 2.45) is 0 Å². The number of carbonyl (C=O) groups excluding carboxylic acids is 1. The first kappa shape index (κ1) is 13.5. The highest BCUT2D eigenvalue weighted by Crippen LogP contribution is 2.20. The first-order valence-corrected chi connectivity index (χ1v) is 6.02. The van der Waals surface area contributed by atoms with Crippen molar-refractivity contribution in [3.63, 3.8) is 0 Å². The van der Waals surface area contributed by atoms with Gasteiger partial charge >= 0.3 is 5.97 Å². The first-order chi connectivity index (χ1) is 8.02. The highest BCUT2D eigenvalue weighted by Gasteiger charge is 2.11. The van der Waals surface area contributed by atoms with Crippen molar-refractivity contribution in [3.8, 4) is 0 Å². The van der Waals surface area contributed by atoms with Crippen LogP contribution in [0.1, 0.15) is 16.8 Å². The predicted molar refractivity (Wildman–Crippen MR) is 65.2 cm³/mol. The summed E-state index contributed by atoms with van der Waals surface area (Å²) >= 11 is 1.28. The lowest BCUT2D eigenvalue weighted by molar-refractivity contribution is -0.128. The van der Waals surface area contributed by atoms with Crippen molar-refractivity contribution in [2.45, 2.75) is 11.4 Å². The third-order valence-corrected chi connectivity index (χ3v) is 3.06. The molecule has 0 bridgehead atoms. The van der Waals surface area contributed by atoms with Crippen molar-refractivity contribution >= 4 is 23.6 Å². The molecule has 0 atom stereocenters. The molecule has 0 saturated heterocycles. The quantitative estimate of drug-likeness (QED) is 0.803. The molecule has 17 heavy (non-hydrogen) atoms. The van der Waals surface area contributed by atoms with E-state index in [1.165, 1.54) is 22.7 Å². The summed E-state index contributed by atoms with van der Waals surface area (Å²) in [5, 5.41) is 9.38. The molecule has 0 aliphatic heterocycles. The van der Waals surface area contributed by atoms with Gasteiger partial charge in [0.25, 0.3) is 0 Å². The molecule has 0 aliphatic rings. The number of carbonyl (C=O) groups is 2. The average Bonchev–Trinajstić information content (AvgIpc) is 2.29. The topological polar surface area (TPSA) is 70.5 Å². The van der Waals surface area contributed by atoms with Gasteiger partial charge in [-0.1, -0.05) is 0 Å². The second-order valence-corrected chi connectivity index (χ2v) is 4.63. The molecule has 1 heterocycles. The molecule has 1 amide bonds. The second-order valence-electron chi connectivity index (χ2n) is 3.55. The largest absolute Gasteiger partial charge is 0.478 e. The molecule has 1 aromatic rings. The molecular weight excluding hydrogens is 240 g/mol. The monoisotopic (exact) mass is 254 g/mol. The van der Waals surface area contributed by atoms with Crippen LogP contribution >= 0.6 is 11.8 Å². The molecule has 1 aromatic heterocycles. The number of carboxylic acid groups (broad SMARTS) is 1. The van der Waals surface area contributed by atoms with E-state index in [1.807, 2.05) is 0 Å². The maximum Gasteiger partial charge on any atom is 0.338 e. The molecule has 0 spiro atoms. The SMILES string of the molecule is CN(C)C(=O)CCSc1ncccc1C(=O)O. The summed E-state index contributed by atoms with van der Waals surface area (Å²) in [4.78, 5) is 27.7. The summed E-state index contributed by atoms with van der Waals surface area (Å²) in [6.45, 7) is 0. The van der Waals surface area contributed by atoms with Crippen LogP contribution in [0.5, 0.6) is 0 Å². The number of pyridine rings is 1. The Bertz CT molecular complexity index is 421. The number of rotatable bonds is 5. The van der Waals surface area contributed by atoms with Crippen molar-refractivity contribution in [1.82, 2.24) is 9.88 Å². The maximum absolute atomic E-state index is 11.3. The van der Waals surface area contributed by atoms with E-state index in [2.05, 4.69) is 4.98 Å². The molecule has 5 nitrogen and oxygen atoms in total. The molecular formula is C11H14N2O3S. The molecule has 1 N–H and O–H groups in total. The summed E-state index contributed by atoms with van der Waals surface area (Å²) in [5.41, 5.74) is 0.176. The van der Waals surface area contributed by atoms with E-state index in [0.717, 1.165) is 0 Å². The van der Waals surface area contributed by atoms with Crippen molar-refractivity contribution in [1.29, 1.82) is 0 Å². The maximum atomic E-state index is 11.3. The van der Waals surface area contributed by atoms with Crippen molar-refractivity contribution in [2.75, 3.05) is 19.8 Å². The van der Waals surface area contributed by atoms with Gasteiger partial charge in [-0.2, -0.15) is 0 Å². The van der Waals surface area contributed by atoms with E-state index in [9.17, 15) is 9.59 Å². The van der Waals surface area contributed by atoms with Gasteiger partial charge in [-0.3, -0.25) is 4.79 Å². The zero-order valence-corrected chi connectivity index (χ0v) is 10.5. The van der Waals surface area contributed by atoms with Crippen LogP contribution in [-0.2, 0) is 4.79 Å². The molecule has 0 fully saturated rings. The molecule has 92 valence electrons. The fourth-order valence-electron chi connectivity index (χ4n) is 1.13. The Kier molecular flexibility index (Phi) is 4.96. The van der Waals surface area contributed by atoms with E-state index in [4.69, 9.17) is 5.11 Å². The van der Waals surface area contributed by atoms with Gasteiger partial charge in [0.2, 0.25) is 5.91 Å². The first-order valence-electron chi connectivity index (χ1n) is 5.03. The minimum atomic E-state index is -1.00. The number of nitrogens with zero attached hydrogens (tertiary/aromatic N) is 2. The van der Waals surface area contributed by atoms with Gasteiger partial charge in [0.05, 0.1) is 5.56 Å². The third kappa shape index (κ3) is 4.07. The molecule has 0 saturated carbocycles. The van der Waals surface area contributed by atoms with Crippen molar-refractivity contribution in [3.05, 3.63) is 23.9 Å². The number of aromatic carboxylic acids is 1. The third-order valence-electron chi connectivity index (χ3n) is 2.06. The van der Waals surface area contributed by atoms with Crippen molar-refractivity contribution < 1.29 is 14.7 Å². The van der Waals surface area contributed by atoms with Gasteiger partial charge in [-0.15, -0.1) is 11.8 Å². The Hall–Kier alpha value is -1.56. The summed E-state index contributed by atoms with van der Waals surface area (Å²) in [6, 6.07) is 3.09. The number of aromatic nitrogens is 1. The Morgan fingerprint density at radius 3 is 2.76 bits per heavy atom. The molecule has 0 radical (unpaired) electrons. The zero-order chi connectivity index (χ0) is 12.8. The fourth-order valence-corrected chi connectivity index (χ4v) is 2.04. The van der Waals surface area contributed by atoms with Crippen LogP contribution in [-0.4, -0.2) is 46.7 Å². The van der Waals surface area contributed by atoms with Gasteiger partial charge < -0.3 is 10.0 Å². The van der Waals surface area contributed by atoms with Gasteiger partial charge in [-0.25, -0.2) is 9.78 Å². The van der Waals surface area contributed by atoms with Gasteiger partial charge in [0.15, 0.2) is 0 Å². The lowest BCUT2D eigenvalue weighted by Gasteiger charge is -2.09. The van der Waals surface area contributed by atoms with Crippen LogP contribution in [0.3, 0.4) is 0 Å². The highest BCUT2D eigenvalue weighted by molar-refractivity contribution is 7.99. The van der Waals surface area contributed by atoms with E-state index in [-0.39, 0.29) is 11.5 Å².